The number of likely N-dealkylation sites (tertiary alicyclic amines) is 1. The molecule has 5 fully saturated rings. The summed E-state index contributed by atoms with van der Waals surface area (Å²) >= 11 is 0. The summed E-state index contributed by atoms with van der Waals surface area (Å²) in [6, 6.07) is 2.82. The highest BCUT2D eigenvalue weighted by atomic mass is 16.5. The van der Waals surface area contributed by atoms with Crippen LogP contribution in [0.3, 0.4) is 0 Å². The average Bonchev–Trinajstić information content (AvgIpc) is 3.58. The van der Waals surface area contributed by atoms with Crippen LogP contribution in [-0.4, -0.2) is 92.3 Å². The van der Waals surface area contributed by atoms with Gasteiger partial charge >= 0.3 is 0 Å². The molecule has 4 heterocycles. The molecule has 2 spiro atoms. The fourth-order valence-electron chi connectivity index (χ4n) is 7.78. The first-order chi connectivity index (χ1) is 18.6. The van der Waals surface area contributed by atoms with Gasteiger partial charge in [0.2, 0.25) is 17.6 Å². The first-order valence-corrected chi connectivity index (χ1v) is 13.5. The van der Waals surface area contributed by atoms with E-state index in [1.165, 1.54) is 16.9 Å². The Hall–Kier alpha value is -3.71. The molecule has 1 aromatic rings. The third-order valence-corrected chi connectivity index (χ3v) is 9.89. The summed E-state index contributed by atoms with van der Waals surface area (Å²) < 4.78 is 0. The second kappa shape index (κ2) is 7.92. The van der Waals surface area contributed by atoms with Gasteiger partial charge < -0.3 is 36.4 Å². The molecule has 0 radical (unpaired) electrons. The predicted octanol–water partition coefficient (Wildman–Crippen LogP) is -1.60. The standard InChI is InChI=1S/C26H32N8O5/c27-22-31-20-16(11-33-18(35)5-6-19(33)36)29-23(28)34-12-17(26(38,39)25(20,34)32-22)30-21(37)14-3-1-4-15-13(14)7-10-24(15)8-2-9-24/h1,3-4,16-17,20,38-39H,2,5-12H2,(H2,28,29)(H,30,37)(H3,27,31,32)/t16-,17+,20?,25?/m1/s1. The van der Waals surface area contributed by atoms with E-state index in [0.29, 0.717) is 5.56 Å². The first-order valence-electron chi connectivity index (χ1n) is 13.5. The molecule has 8 N–H and O–H groups in total. The van der Waals surface area contributed by atoms with Crippen LogP contribution in [0.5, 0.6) is 0 Å². The first kappa shape index (κ1) is 24.3. The number of carbonyl (C=O) groups is 3. The molecular formula is C26H32N8O5. The molecule has 0 aromatic heterocycles. The number of fused-ring (bicyclic) bond motifs is 2. The van der Waals surface area contributed by atoms with E-state index in [4.69, 9.17) is 10.8 Å². The summed E-state index contributed by atoms with van der Waals surface area (Å²) in [7, 11) is 0. The summed E-state index contributed by atoms with van der Waals surface area (Å²) in [5, 5.41) is 51.8. The molecule has 3 amide bonds. The van der Waals surface area contributed by atoms with Crippen molar-refractivity contribution in [3.63, 3.8) is 0 Å². The zero-order valence-electron chi connectivity index (χ0n) is 21.3. The molecule has 39 heavy (non-hydrogen) atoms. The van der Waals surface area contributed by atoms with Crippen LogP contribution in [0.15, 0.2) is 18.2 Å². The van der Waals surface area contributed by atoms with E-state index in [2.05, 4.69) is 27.3 Å². The molecule has 206 valence electrons. The number of rotatable bonds is 4. The highest BCUT2D eigenvalue weighted by molar-refractivity contribution is 6.02. The summed E-state index contributed by atoms with van der Waals surface area (Å²) in [4.78, 5) is 40.7. The molecule has 4 saturated heterocycles. The Labute approximate surface area is 224 Å². The maximum Gasteiger partial charge on any atom is 0.252 e. The van der Waals surface area contributed by atoms with Crippen molar-refractivity contribution in [2.24, 2.45) is 0 Å². The second-order valence-electron chi connectivity index (χ2n) is 11.7. The van der Waals surface area contributed by atoms with Crippen molar-refractivity contribution in [1.29, 1.82) is 10.8 Å². The van der Waals surface area contributed by atoms with Crippen molar-refractivity contribution in [2.45, 2.75) is 79.9 Å². The third kappa shape index (κ3) is 3.11. The van der Waals surface area contributed by atoms with E-state index < -0.39 is 35.5 Å². The van der Waals surface area contributed by atoms with Gasteiger partial charge in [-0.2, -0.15) is 0 Å². The number of carbonyl (C=O) groups excluding carboxylic acids is 3. The lowest BCUT2D eigenvalue weighted by Crippen LogP contribution is -2.81. The Morgan fingerprint density at radius 1 is 1.08 bits per heavy atom. The zero-order valence-corrected chi connectivity index (χ0v) is 21.3. The molecule has 13 heteroatoms. The predicted molar refractivity (Wildman–Crippen MR) is 137 cm³/mol. The number of guanidine groups is 2. The quantitative estimate of drug-likeness (QED) is 0.165. The largest absolute Gasteiger partial charge is 0.361 e. The molecule has 7 rings (SSSR count). The molecule has 4 atom stereocenters. The lowest BCUT2D eigenvalue weighted by Gasteiger charge is -2.51. The lowest BCUT2D eigenvalue weighted by atomic mass is 9.65. The fourth-order valence-corrected chi connectivity index (χ4v) is 7.78. The molecule has 1 saturated carbocycles. The van der Waals surface area contributed by atoms with Crippen molar-refractivity contribution in [1.82, 2.24) is 31.1 Å². The van der Waals surface area contributed by atoms with Crippen LogP contribution in [0.2, 0.25) is 0 Å². The maximum absolute atomic E-state index is 13.6. The van der Waals surface area contributed by atoms with Crippen molar-refractivity contribution < 1.29 is 24.6 Å². The van der Waals surface area contributed by atoms with Crippen LogP contribution in [0.4, 0.5) is 0 Å². The van der Waals surface area contributed by atoms with Crippen molar-refractivity contribution in [2.75, 3.05) is 13.1 Å². The molecule has 1 aromatic carbocycles. The van der Waals surface area contributed by atoms with Crippen LogP contribution >= 0.6 is 0 Å². The molecule has 6 aliphatic rings. The van der Waals surface area contributed by atoms with Gasteiger partial charge in [-0.05, 0) is 48.3 Å². The monoisotopic (exact) mass is 536 g/mol. The van der Waals surface area contributed by atoms with Crippen molar-refractivity contribution in [3.8, 4) is 0 Å². The summed E-state index contributed by atoms with van der Waals surface area (Å²) in [6.45, 7) is -0.219. The van der Waals surface area contributed by atoms with Gasteiger partial charge in [0.15, 0.2) is 17.6 Å². The SMILES string of the molecule is N=C1NC2[C@@H](CN3C(=O)CCC3=O)NC(=N)N3C[C@H](NC(=O)c4cccc5c4CCC54CCC4)C(O)(O)C23N1. The van der Waals surface area contributed by atoms with Gasteiger partial charge in [-0.25, -0.2) is 0 Å². The van der Waals surface area contributed by atoms with Gasteiger partial charge in [-0.1, -0.05) is 18.6 Å². The van der Waals surface area contributed by atoms with Gasteiger partial charge in [0.05, 0.1) is 18.6 Å². The van der Waals surface area contributed by atoms with Crippen molar-refractivity contribution in [3.05, 3.63) is 34.9 Å². The summed E-state index contributed by atoms with van der Waals surface area (Å²) in [6.07, 6.45) is 5.46. The van der Waals surface area contributed by atoms with Gasteiger partial charge in [-0.15, -0.1) is 0 Å². The van der Waals surface area contributed by atoms with E-state index in [1.54, 1.807) is 6.07 Å². The number of benzene rings is 1. The van der Waals surface area contributed by atoms with Crippen LogP contribution in [0.25, 0.3) is 0 Å². The number of amides is 3. The normalized spacial score (nSPS) is 33.2. The summed E-state index contributed by atoms with van der Waals surface area (Å²) in [5.41, 5.74) is 1.12. The number of imide groups is 1. The van der Waals surface area contributed by atoms with Crippen LogP contribution in [0, 0.1) is 10.8 Å². The van der Waals surface area contributed by atoms with Crippen LogP contribution in [-0.2, 0) is 21.4 Å². The van der Waals surface area contributed by atoms with E-state index in [0.717, 1.165) is 36.1 Å². The Bertz CT molecular complexity index is 1330. The molecular weight excluding hydrogens is 504 g/mol. The Morgan fingerprint density at radius 2 is 1.82 bits per heavy atom. The minimum absolute atomic E-state index is 0.104. The Morgan fingerprint density at radius 3 is 2.51 bits per heavy atom. The Kier molecular flexibility index (Phi) is 4.94. The van der Waals surface area contributed by atoms with Gasteiger partial charge in [-0.3, -0.25) is 30.1 Å². The smallest absolute Gasteiger partial charge is 0.252 e. The zero-order chi connectivity index (χ0) is 27.3. The Balaban J connectivity index is 1.18. The minimum atomic E-state index is -2.62. The molecule has 2 aliphatic carbocycles. The average molecular weight is 537 g/mol. The molecule has 2 unspecified atom stereocenters. The van der Waals surface area contributed by atoms with E-state index in [1.807, 2.05) is 6.07 Å². The lowest BCUT2D eigenvalue weighted by molar-refractivity contribution is -0.232. The van der Waals surface area contributed by atoms with Gasteiger partial charge in [0.1, 0.15) is 6.04 Å². The highest BCUT2D eigenvalue weighted by Crippen LogP contribution is 2.53. The molecule has 4 aliphatic heterocycles. The van der Waals surface area contributed by atoms with E-state index in [9.17, 15) is 24.6 Å². The molecule has 0 bridgehead atoms. The number of nitrogens with one attached hydrogen (secondary N) is 6. The van der Waals surface area contributed by atoms with E-state index in [-0.39, 0.29) is 55.1 Å². The van der Waals surface area contributed by atoms with Crippen LogP contribution in [0.1, 0.15) is 60.0 Å². The summed E-state index contributed by atoms with van der Waals surface area (Å²) in [5.74, 6) is -4.07. The highest BCUT2D eigenvalue weighted by Gasteiger charge is 2.74. The number of hydrogen-bond donors (Lipinski definition) is 8. The number of aliphatic hydroxyl groups is 2. The minimum Gasteiger partial charge on any atom is -0.361 e. The number of hydrogen-bond acceptors (Lipinski definition) is 7. The topological polar surface area (TPSA) is 194 Å². The second-order valence-corrected chi connectivity index (χ2v) is 11.7. The fraction of sp³-hybridized carbons (Fsp3) is 0.577. The maximum atomic E-state index is 13.6. The third-order valence-electron chi connectivity index (χ3n) is 9.89. The van der Waals surface area contributed by atoms with Gasteiger partial charge in [0, 0.05) is 24.9 Å². The van der Waals surface area contributed by atoms with Crippen molar-refractivity contribution >= 4 is 29.6 Å². The van der Waals surface area contributed by atoms with E-state index >= 15 is 0 Å². The van der Waals surface area contributed by atoms with Gasteiger partial charge in [0.25, 0.3) is 5.91 Å². The number of nitrogens with zero attached hydrogens (tertiary/aromatic N) is 2. The van der Waals surface area contributed by atoms with Crippen LogP contribution < -0.4 is 21.3 Å². The molecule has 13 nitrogen and oxygen atoms in total.